The van der Waals surface area contributed by atoms with E-state index in [0.717, 1.165) is 0 Å². The molecule has 0 radical (unpaired) electrons. The molecule has 2 rings (SSSR count). The second-order valence-electron chi connectivity index (χ2n) is 3.16. The van der Waals surface area contributed by atoms with Crippen LogP contribution < -0.4 is 0 Å². The molecule has 3 nitrogen and oxygen atoms in total. The summed E-state index contributed by atoms with van der Waals surface area (Å²) in [6.45, 7) is 0. The third-order valence-corrected chi connectivity index (χ3v) is 2.33. The van der Waals surface area contributed by atoms with Crippen LogP contribution in [0.5, 0.6) is 0 Å². The monoisotopic (exact) mass is 239 g/mol. The smallest absolute Gasteiger partial charge is 0.312 e. The molecule has 16 heavy (non-hydrogen) atoms. The van der Waals surface area contributed by atoms with Crippen LogP contribution in [0.4, 0.5) is 4.39 Å². The van der Waals surface area contributed by atoms with E-state index in [2.05, 4.69) is 9.99 Å². The maximum atomic E-state index is 12.7. The van der Waals surface area contributed by atoms with E-state index in [1.165, 1.54) is 12.1 Å². The average molecular weight is 240 g/mol. The normalized spacial score (nSPS) is 17.5. The molecule has 1 heterocycles. The Kier molecular flexibility index (Phi) is 3.01. The first-order chi connectivity index (χ1) is 7.70. The van der Waals surface area contributed by atoms with Crippen LogP contribution in [0.25, 0.3) is 6.08 Å². The van der Waals surface area contributed by atoms with Gasteiger partial charge in [-0.15, -0.1) is 11.6 Å². The van der Waals surface area contributed by atoms with Gasteiger partial charge in [0.15, 0.2) is 0 Å². The maximum absolute atomic E-state index is 12.7. The largest absolute Gasteiger partial charge is 0.367 e. The van der Waals surface area contributed by atoms with E-state index in [4.69, 9.17) is 11.6 Å². The molecule has 0 aliphatic carbocycles. The minimum absolute atomic E-state index is 0.0960. The second kappa shape index (κ2) is 4.45. The van der Waals surface area contributed by atoms with Gasteiger partial charge in [-0.2, -0.15) is 0 Å². The number of carbonyl (C=O) groups excluding carboxylic acids is 1. The molecule has 1 aliphatic heterocycles. The van der Waals surface area contributed by atoms with E-state index in [1.54, 1.807) is 18.2 Å². The topological polar surface area (TPSA) is 38.7 Å². The summed E-state index contributed by atoms with van der Waals surface area (Å²) in [6, 6.07) is 5.73. The number of rotatable bonds is 2. The van der Waals surface area contributed by atoms with Gasteiger partial charge < -0.3 is 4.84 Å². The van der Waals surface area contributed by atoms with Crippen LogP contribution in [0.3, 0.4) is 0 Å². The van der Waals surface area contributed by atoms with Crippen molar-refractivity contribution < 1.29 is 14.0 Å². The summed E-state index contributed by atoms with van der Waals surface area (Å²) in [6.07, 6.45) is 1.57. The van der Waals surface area contributed by atoms with Crippen LogP contribution in [0.2, 0.25) is 0 Å². The summed E-state index contributed by atoms with van der Waals surface area (Å²) < 4.78 is 12.7. The molecule has 1 aliphatic rings. The van der Waals surface area contributed by atoms with Gasteiger partial charge >= 0.3 is 5.97 Å². The van der Waals surface area contributed by atoms with Gasteiger partial charge in [0, 0.05) is 0 Å². The SMILES string of the molecule is O=C1ON=C(CCl)C1=Cc1ccc(F)cc1. The highest BCUT2D eigenvalue weighted by Crippen LogP contribution is 2.16. The summed E-state index contributed by atoms with van der Waals surface area (Å²) >= 11 is 5.60. The fraction of sp³-hybridized carbons (Fsp3) is 0.0909. The van der Waals surface area contributed by atoms with E-state index < -0.39 is 5.97 Å². The van der Waals surface area contributed by atoms with Crippen molar-refractivity contribution in [1.29, 1.82) is 0 Å². The van der Waals surface area contributed by atoms with E-state index in [0.29, 0.717) is 16.8 Å². The summed E-state index contributed by atoms with van der Waals surface area (Å²) in [5, 5.41) is 3.52. The predicted octanol–water partition coefficient (Wildman–Crippen LogP) is 2.36. The Hall–Kier alpha value is -1.68. The number of benzene rings is 1. The molecule has 82 valence electrons. The molecule has 0 spiro atoms. The predicted molar refractivity (Wildman–Crippen MR) is 58.6 cm³/mol. The summed E-state index contributed by atoms with van der Waals surface area (Å²) in [4.78, 5) is 15.8. The van der Waals surface area contributed by atoms with Crippen molar-refractivity contribution in [3.63, 3.8) is 0 Å². The van der Waals surface area contributed by atoms with Crippen molar-refractivity contribution in [3.8, 4) is 0 Å². The first-order valence-corrected chi connectivity index (χ1v) is 5.06. The fourth-order valence-electron chi connectivity index (χ4n) is 1.28. The lowest BCUT2D eigenvalue weighted by molar-refractivity contribution is -0.136. The standard InChI is InChI=1S/C11H7ClFNO2/c12-6-10-9(11(15)16-14-10)5-7-1-3-8(13)4-2-7/h1-5H,6H2. The van der Waals surface area contributed by atoms with Crippen molar-refractivity contribution in [3.05, 3.63) is 41.2 Å². The summed E-state index contributed by atoms with van der Waals surface area (Å²) in [7, 11) is 0. The minimum atomic E-state index is -0.542. The molecule has 1 aromatic rings. The van der Waals surface area contributed by atoms with Gasteiger partial charge in [-0.05, 0) is 23.8 Å². The molecular weight excluding hydrogens is 233 g/mol. The zero-order valence-corrected chi connectivity index (χ0v) is 8.87. The Balaban J connectivity index is 2.33. The number of hydrogen-bond donors (Lipinski definition) is 0. The van der Waals surface area contributed by atoms with Crippen LogP contribution in [-0.2, 0) is 9.63 Å². The molecule has 0 saturated carbocycles. The first kappa shape index (κ1) is 10.8. The van der Waals surface area contributed by atoms with Gasteiger partial charge in [-0.25, -0.2) is 9.18 Å². The zero-order chi connectivity index (χ0) is 11.5. The Labute approximate surface area is 96.2 Å². The highest BCUT2D eigenvalue weighted by Gasteiger charge is 2.24. The zero-order valence-electron chi connectivity index (χ0n) is 8.11. The Morgan fingerprint density at radius 3 is 2.69 bits per heavy atom. The Morgan fingerprint density at radius 2 is 2.06 bits per heavy atom. The van der Waals surface area contributed by atoms with Crippen molar-refractivity contribution in [2.45, 2.75) is 0 Å². The van der Waals surface area contributed by atoms with Crippen LogP contribution in [0.1, 0.15) is 5.56 Å². The number of nitrogens with zero attached hydrogens (tertiary/aromatic N) is 1. The average Bonchev–Trinajstić information content (AvgIpc) is 2.63. The van der Waals surface area contributed by atoms with Gasteiger partial charge in [-0.3, -0.25) is 0 Å². The quantitative estimate of drug-likeness (QED) is 0.451. The number of hydrogen-bond acceptors (Lipinski definition) is 3. The van der Waals surface area contributed by atoms with E-state index >= 15 is 0 Å². The minimum Gasteiger partial charge on any atom is -0.312 e. The second-order valence-corrected chi connectivity index (χ2v) is 3.43. The van der Waals surface area contributed by atoms with Gasteiger partial charge in [-0.1, -0.05) is 17.3 Å². The molecule has 5 heteroatoms. The molecule has 0 amide bonds. The number of halogens is 2. The molecular formula is C11H7ClFNO2. The molecule has 0 N–H and O–H groups in total. The summed E-state index contributed by atoms with van der Waals surface area (Å²) in [5.74, 6) is -0.777. The van der Waals surface area contributed by atoms with Crippen LogP contribution in [0, 0.1) is 5.82 Å². The molecule has 1 aromatic carbocycles. The van der Waals surface area contributed by atoms with E-state index in [9.17, 15) is 9.18 Å². The van der Waals surface area contributed by atoms with Gasteiger partial charge in [0.25, 0.3) is 0 Å². The molecule has 0 aromatic heterocycles. The number of carbonyl (C=O) groups is 1. The van der Waals surface area contributed by atoms with Gasteiger partial charge in [0.05, 0.1) is 11.5 Å². The van der Waals surface area contributed by atoms with Gasteiger partial charge in [0.1, 0.15) is 11.5 Å². The van der Waals surface area contributed by atoms with E-state index in [1.807, 2.05) is 0 Å². The molecule has 0 bridgehead atoms. The van der Waals surface area contributed by atoms with Crippen LogP contribution in [0.15, 0.2) is 35.0 Å². The fourth-order valence-corrected chi connectivity index (χ4v) is 1.47. The maximum Gasteiger partial charge on any atom is 0.367 e. The van der Waals surface area contributed by atoms with Crippen molar-refractivity contribution in [2.24, 2.45) is 5.16 Å². The van der Waals surface area contributed by atoms with Crippen LogP contribution >= 0.6 is 11.6 Å². The highest BCUT2D eigenvalue weighted by molar-refractivity contribution is 6.38. The molecule has 0 atom stereocenters. The lowest BCUT2D eigenvalue weighted by atomic mass is 10.1. The number of alkyl halides is 1. The van der Waals surface area contributed by atoms with Crippen molar-refractivity contribution in [1.82, 2.24) is 0 Å². The van der Waals surface area contributed by atoms with E-state index in [-0.39, 0.29) is 11.7 Å². The van der Waals surface area contributed by atoms with Crippen molar-refractivity contribution >= 4 is 29.4 Å². The Morgan fingerprint density at radius 1 is 1.38 bits per heavy atom. The third-order valence-electron chi connectivity index (χ3n) is 2.08. The Bertz CT molecular complexity index is 479. The molecule has 0 unspecified atom stereocenters. The van der Waals surface area contributed by atoms with Crippen molar-refractivity contribution in [2.75, 3.05) is 5.88 Å². The van der Waals surface area contributed by atoms with Gasteiger partial charge in [0.2, 0.25) is 0 Å². The highest BCUT2D eigenvalue weighted by atomic mass is 35.5. The molecule has 0 saturated heterocycles. The lowest BCUT2D eigenvalue weighted by Crippen LogP contribution is -2.06. The third kappa shape index (κ3) is 2.12. The first-order valence-electron chi connectivity index (χ1n) is 4.52. The summed E-state index contributed by atoms with van der Waals surface area (Å²) in [5.41, 5.74) is 1.38. The van der Waals surface area contributed by atoms with Crippen LogP contribution in [-0.4, -0.2) is 17.6 Å². The lowest BCUT2D eigenvalue weighted by Gasteiger charge is -1.96. The number of oxime groups is 1. The molecule has 0 fully saturated rings.